The SMILES string of the molecule is CCCc1ccc(C#Cc2ccc(OC(=O)c3ccc(O)cc3)cc2)cc1. The predicted molar refractivity (Wildman–Crippen MR) is 106 cm³/mol. The molecular weight excluding hydrogens is 336 g/mol. The molecule has 0 aliphatic heterocycles. The van der Waals surface area contributed by atoms with E-state index >= 15 is 0 Å². The zero-order valence-corrected chi connectivity index (χ0v) is 15.1. The van der Waals surface area contributed by atoms with Crippen LogP contribution in [0.4, 0.5) is 0 Å². The van der Waals surface area contributed by atoms with Crippen molar-refractivity contribution in [3.63, 3.8) is 0 Å². The minimum Gasteiger partial charge on any atom is -0.508 e. The normalized spacial score (nSPS) is 9.96. The topological polar surface area (TPSA) is 46.5 Å². The predicted octanol–water partition coefficient (Wildman–Crippen LogP) is 4.96. The molecule has 0 heterocycles. The quantitative estimate of drug-likeness (QED) is 0.408. The molecule has 0 fully saturated rings. The first-order chi connectivity index (χ1) is 13.1. The van der Waals surface area contributed by atoms with Gasteiger partial charge in [0, 0.05) is 11.1 Å². The van der Waals surface area contributed by atoms with Crippen LogP contribution in [0.3, 0.4) is 0 Å². The van der Waals surface area contributed by atoms with Crippen LogP contribution < -0.4 is 4.74 Å². The number of phenolic OH excluding ortho intramolecular Hbond substituents is 1. The highest BCUT2D eigenvalue weighted by molar-refractivity contribution is 5.91. The number of aryl methyl sites for hydroxylation is 1. The van der Waals surface area contributed by atoms with Crippen LogP contribution >= 0.6 is 0 Å². The second-order valence-electron chi connectivity index (χ2n) is 6.16. The van der Waals surface area contributed by atoms with Gasteiger partial charge in [-0.2, -0.15) is 0 Å². The van der Waals surface area contributed by atoms with E-state index in [9.17, 15) is 9.90 Å². The van der Waals surface area contributed by atoms with Gasteiger partial charge < -0.3 is 9.84 Å². The van der Waals surface area contributed by atoms with Gasteiger partial charge in [0.15, 0.2) is 0 Å². The van der Waals surface area contributed by atoms with E-state index in [2.05, 4.69) is 30.9 Å². The first kappa shape index (κ1) is 18.3. The molecule has 0 bridgehead atoms. The monoisotopic (exact) mass is 356 g/mol. The lowest BCUT2D eigenvalue weighted by Gasteiger charge is -2.04. The van der Waals surface area contributed by atoms with Crippen LogP contribution in [0, 0.1) is 11.8 Å². The van der Waals surface area contributed by atoms with Gasteiger partial charge in [0.2, 0.25) is 0 Å². The van der Waals surface area contributed by atoms with Gasteiger partial charge in [-0.15, -0.1) is 0 Å². The molecule has 0 amide bonds. The Balaban J connectivity index is 1.63. The summed E-state index contributed by atoms with van der Waals surface area (Å²) in [6, 6.07) is 21.3. The summed E-state index contributed by atoms with van der Waals surface area (Å²) >= 11 is 0. The van der Waals surface area contributed by atoms with Gasteiger partial charge in [0.25, 0.3) is 0 Å². The fourth-order valence-corrected chi connectivity index (χ4v) is 2.56. The number of carbonyl (C=O) groups excluding carboxylic acids is 1. The molecule has 0 saturated carbocycles. The molecule has 0 atom stereocenters. The summed E-state index contributed by atoms with van der Waals surface area (Å²) in [7, 11) is 0. The van der Waals surface area contributed by atoms with Gasteiger partial charge in [0.1, 0.15) is 11.5 Å². The highest BCUT2D eigenvalue weighted by atomic mass is 16.5. The molecule has 3 aromatic rings. The van der Waals surface area contributed by atoms with E-state index in [1.165, 1.54) is 29.8 Å². The average Bonchev–Trinajstić information content (AvgIpc) is 2.69. The molecule has 3 aromatic carbocycles. The number of aromatic hydroxyl groups is 1. The Kier molecular flexibility index (Phi) is 5.91. The van der Waals surface area contributed by atoms with Crippen molar-refractivity contribution in [1.29, 1.82) is 0 Å². The second-order valence-corrected chi connectivity index (χ2v) is 6.16. The van der Waals surface area contributed by atoms with Crippen molar-refractivity contribution in [1.82, 2.24) is 0 Å². The molecule has 3 rings (SSSR count). The van der Waals surface area contributed by atoms with E-state index in [4.69, 9.17) is 4.74 Å². The molecule has 0 saturated heterocycles. The summed E-state index contributed by atoms with van der Waals surface area (Å²) in [5.74, 6) is 6.33. The Morgan fingerprint density at radius 3 is 1.96 bits per heavy atom. The van der Waals surface area contributed by atoms with E-state index in [1.54, 1.807) is 12.1 Å². The summed E-state index contributed by atoms with van der Waals surface area (Å²) in [5.41, 5.74) is 3.51. The van der Waals surface area contributed by atoms with Gasteiger partial charge in [-0.1, -0.05) is 37.3 Å². The minimum absolute atomic E-state index is 0.106. The largest absolute Gasteiger partial charge is 0.508 e. The number of benzene rings is 3. The lowest BCUT2D eigenvalue weighted by molar-refractivity contribution is 0.0735. The number of hydrogen-bond donors (Lipinski definition) is 1. The van der Waals surface area contributed by atoms with Crippen LogP contribution in [-0.2, 0) is 6.42 Å². The maximum atomic E-state index is 12.1. The Morgan fingerprint density at radius 2 is 1.41 bits per heavy atom. The summed E-state index contributed by atoms with van der Waals surface area (Å²) in [5, 5.41) is 9.26. The highest BCUT2D eigenvalue weighted by Crippen LogP contribution is 2.16. The van der Waals surface area contributed by atoms with E-state index in [0.717, 1.165) is 24.0 Å². The number of phenols is 1. The van der Waals surface area contributed by atoms with Crippen molar-refractivity contribution in [2.75, 3.05) is 0 Å². The number of esters is 1. The standard InChI is InChI=1S/C24H20O3/c1-2-3-18-4-6-19(7-5-18)8-9-20-10-16-23(17-11-20)27-24(26)21-12-14-22(25)15-13-21/h4-7,10-17,25H,2-3H2,1H3. The molecular formula is C24H20O3. The van der Waals surface area contributed by atoms with Crippen LogP contribution in [0.2, 0.25) is 0 Å². The van der Waals surface area contributed by atoms with Crippen LogP contribution in [0.5, 0.6) is 11.5 Å². The first-order valence-corrected chi connectivity index (χ1v) is 8.86. The van der Waals surface area contributed by atoms with Crippen molar-refractivity contribution in [3.05, 3.63) is 95.1 Å². The summed E-state index contributed by atoms with van der Waals surface area (Å²) in [4.78, 5) is 12.1. The summed E-state index contributed by atoms with van der Waals surface area (Å²) in [6.07, 6.45) is 2.22. The maximum Gasteiger partial charge on any atom is 0.343 e. The molecule has 0 aliphatic carbocycles. The van der Waals surface area contributed by atoms with Crippen LogP contribution in [0.1, 0.15) is 40.4 Å². The van der Waals surface area contributed by atoms with E-state index in [1.807, 2.05) is 24.3 Å². The van der Waals surface area contributed by atoms with Gasteiger partial charge >= 0.3 is 5.97 Å². The Labute approximate surface area is 159 Å². The van der Waals surface area contributed by atoms with E-state index < -0.39 is 5.97 Å². The first-order valence-electron chi connectivity index (χ1n) is 8.86. The second kappa shape index (κ2) is 8.73. The number of carbonyl (C=O) groups is 1. The van der Waals surface area contributed by atoms with Gasteiger partial charge in [-0.25, -0.2) is 4.79 Å². The average molecular weight is 356 g/mol. The molecule has 134 valence electrons. The lowest BCUT2D eigenvalue weighted by atomic mass is 10.1. The maximum absolute atomic E-state index is 12.1. The molecule has 0 unspecified atom stereocenters. The van der Waals surface area contributed by atoms with Crippen molar-refractivity contribution < 1.29 is 14.6 Å². The van der Waals surface area contributed by atoms with Crippen molar-refractivity contribution in [2.24, 2.45) is 0 Å². The summed E-state index contributed by atoms with van der Waals surface area (Å²) in [6.45, 7) is 2.17. The fourth-order valence-electron chi connectivity index (χ4n) is 2.56. The van der Waals surface area contributed by atoms with Crippen LogP contribution in [0.25, 0.3) is 0 Å². The van der Waals surface area contributed by atoms with E-state index in [0.29, 0.717) is 11.3 Å². The van der Waals surface area contributed by atoms with Crippen molar-refractivity contribution >= 4 is 5.97 Å². The smallest absolute Gasteiger partial charge is 0.343 e. The van der Waals surface area contributed by atoms with Gasteiger partial charge in [-0.3, -0.25) is 0 Å². The Bertz CT molecular complexity index is 957. The van der Waals surface area contributed by atoms with Crippen LogP contribution in [0.15, 0.2) is 72.8 Å². The number of ether oxygens (including phenoxy) is 1. The highest BCUT2D eigenvalue weighted by Gasteiger charge is 2.08. The fraction of sp³-hybridized carbons (Fsp3) is 0.125. The number of hydrogen-bond acceptors (Lipinski definition) is 3. The van der Waals surface area contributed by atoms with Crippen molar-refractivity contribution in [2.45, 2.75) is 19.8 Å². The molecule has 0 radical (unpaired) electrons. The molecule has 0 aliphatic rings. The third-order valence-corrected chi connectivity index (χ3v) is 4.01. The molecule has 3 heteroatoms. The molecule has 0 aromatic heterocycles. The molecule has 0 spiro atoms. The van der Waals surface area contributed by atoms with Gasteiger partial charge in [0.05, 0.1) is 5.56 Å². The van der Waals surface area contributed by atoms with Crippen LogP contribution in [-0.4, -0.2) is 11.1 Å². The molecule has 3 nitrogen and oxygen atoms in total. The van der Waals surface area contributed by atoms with Gasteiger partial charge in [-0.05, 0) is 72.6 Å². The third kappa shape index (κ3) is 5.23. The zero-order chi connectivity index (χ0) is 19.1. The third-order valence-electron chi connectivity index (χ3n) is 4.01. The van der Waals surface area contributed by atoms with Crippen molar-refractivity contribution in [3.8, 4) is 23.3 Å². The Morgan fingerprint density at radius 1 is 0.852 bits per heavy atom. The zero-order valence-electron chi connectivity index (χ0n) is 15.1. The summed E-state index contributed by atoms with van der Waals surface area (Å²) < 4.78 is 5.33. The Hall–Kier alpha value is -3.51. The minimum atomic E-state index is -0.471. The lowest BCUT2D eigenvalue weighted by Crippen LogP contribution is -2.07. The molecule has 1 N–H and O–H groups in total. The van der Waals surface area contributed by atoms with E-state index in [-0.39, 0.29) is 5.75 Å². The molecule has 27 heavy (non-hydrogen) atoms. The number of rotatable bonds is 4.